The number of nitrogens with zero attached hydrogens (tertiary/aromatic N) is 8. The topological polar surface area (TPSA) is 196 Å². The number of nitrogens with one attached hydrogen (secondary N) is 2. The molecule has 0 aliphatic rings. The molecule has 0 saturated carbocycles. The molecule has 4 heterocycles. The van der Waals surface area contributed by atoms with E-state index < -0.39 is 0 Å². The minimum Gasteiger partial charge on any atom is -0.384 e. The molecular formula is C18H29N13. The molecule has 0 aliphatic heterocycles. The third-order valence-corrected chi connectivity index (χ3v) is 3.74. The van der Waals surface area contributed by atoms with Crippen LogP contribution >= 0.6 is 0 Å². The second-order valence-electron chi connectivity index (χ2n) is 6.20. The second-order valence-corrected chi connectivity index (χ2v) is 6.20. The summed E-state index contributed by atoms with van der Waals surface area (Å²) in [5.41, 5.74) is 17.0. The fraction of sp³-hybridized carbons (Fsp3) is 0.333. The molecule has 0 radical (unpaired) electrons. The molecule has 31 heavy (non-hydrogen) atoms. The number of imidazole rings is 2. The lowest BCUT2D eigenvalue weighted by Gasteiger charge is -1.99. The summed E-state index contributed by atoms with van der Waals surface area (Å²) >= 11 is 0. The lowest BCUT2D eigenvalue weighted by molar-refractivity contribution is 0.611. The molecule has 13 nitrogen and oxygen atoms in total. The molecule has 0 unspecified atom stereocenters. The van der Waals surface area contributed by atoms with E-state index in [-0.39, 0.29) is 0 Å². The van der Waals surface area contributed by atoms with Gasteiger partial charge in [0, 0.05) is 37.9 Å². The molecule has 0 bridgehead atoms. The highest BCUT2D eigenvalue weighted by Crippen LogP contribution is 2.22. The van der Waals surface area contributed by atoms with Gasteiger partial charge in [-0.3, -0.25) is 4.68 Å². The van der Waals surface area contributed by atoms with Crippen molar-refractivity contribution in [2.75, 3.05) is 17.2 Å². The van der Waals surface area contributed by atoms with Gasteiger partial charge in [0.25, 0.3) is 0 Å². The first kappa shape index (κ1) is 23.1. The average molecular weight is 428 g/mol. The summed E-state index contributed by atoms with van der Waals surface area (Å²) in [6, 6.07) is 1.80. The molecule has 4 aromatic rings. The Labute approximate surface area is 179 Å². The van der Waals surface area contributed by atoms with Gasteiger partial charge in [-0.1, -0.05) is 13.8 Å². The number of hydrogen-bond acceptors (Lipinski definition) is 9. The number of aromatic amines is 2. The number of aryl methyl sites for hydroxylation is 2. The Kier molecular flexibility index (Phi) is 9.26. The zero-order chi connectivity index (χ0) is 22.5. The van der Waals surface area contributed by atoms with Crippen LogP contribution in [-0.2, 0) is 13.1 Å². The monoisotopic (exact) mass is 427 g/mol. The van der Waals surface area contributed by atoms with Gasteiger partial charge in [-0.2, -0.15) is 10.2 Å². The van der Waals surface area contributed by atoms with Crippen molar-refractivity contribution in [3.05, 3.63) is 43.2 Å². The van der Waals surface area contributed by atoms with E-state index in [1.807, 2.05) is 0 Å². The predicted octanol–water partition coefficient (Wildman–Crippen LogP) is 2.88. The quantitative estimate of drug-likeness (QED) is 0.291. The van der Waals surface area contributed by atoms with Gasteiger partial charge in [0.2, 0.25) is 5.95 Å². The molecule has 4 rings (SSSR count). The molecule has 4 aromatic heterocycles. The summed E-state index contributed by atoms with van der Waals surface area (Å²) in [4.78, 5) is 13.0. The van der Waals surface area contributed by atoms with Crippen molar-refractivity contribution in [3.8, 4) is 0 Å². The van der Waals surface area contributed by atoms with Gasteiger partial charge in [-0.05, 0) is 18.9 Å². The molecule has 8 N–H and O–H groups in total. The maximum Gasteiger partial charge on any atom is 0.246 e. The average Bonchev–Trinajstić information content (AvgIpc) is 3.56. The van der Waals surface area contributed by atoms with E-state index in [0.29, 0.717) is 23.4 Å². The zero-order valence-corrected chi connectivity index (χ0v) is 17.7. The molecule has 0 aliphatic carbocycles. The largest absolute Gasteiger partial charge is 0.384 e. The fourth-order valence-corrected chi connectivity index (χ4v) is 2.28. The Bertz CT molecular complexity index is 996. The fourth-order valence-electron chi connectivity index (χ4n) is 2.28. The number of aromatic nitrogens is 8. The summed E-state index contributed by atoms with van der Waals surface area (Å²) in [6.07, 6.45) is 11.9. The smallest absolute Gasteiger partial charge is 0.246 e. The van der Waals surface area contributed by atoms with Crippen molar-refractivity contribution < 1.29 is 0 Å². The maximum atomic E-state index is 5.84. The second kappa shape index (κ2) is 12.4. The first-order chi connectivity index (χ1) is 15.0. The van der Waals surface area contributed by atoms with Gasteiger partial charge in [0.15, 0.2) is 5.95 Å². The third kappa shape index (κ3) is 7.64. The molecule has 0 saturated heterocycles. The number of anilines is 3. The van der Waals surface area contributed by atoms with Crippen LogP contribution in [0.2, 0.25) is 0 Å². The van der Waals surface area contributed by atoms with Crippen LogP contribution in [-0.4, -0.2) is 39.5 Å². The van der Waals surface area contributed by atoms with E-state index in [1.54, 1.807) is 52.6 Å². The van der Waals surface area contributed by atoms with E-state index in [0.717, 1.165) is 31.7 Å². The number of H-pyrrole nitrogens is 2. The van der Waals surface area contributed by atoms with Crippen molar-refractivity contribution in [2.45, 2.75) is 39.8 Å². The van der Waals surface area contributed by atoms with Crippen molar-refractivity contribution >= 4 is 29.2 Å². The molecule has 0 atom stereocenters. The van der Waals surface area contributed by atoms with Crippen LogP contribution in [0.1, 0.15) is 26.7 Å². The van der Waals surface area contributed by atoms with Crippen molar-refractivity contribution in [1.29, 1.82) is 0 Å². The van der Waals surface area contributed by atoms with Gasteiger partial charge in [0.05, 0.1) is 12.4 Å². The summed E-state index contributed by atoms with van der Waals surface area (Å²) in [7, 11) is 0. The molecule has 0 fully saturated rings. The summed E-state index contributed by atoms with van der Waals surface area (Å²) in [6.45, 7) is 5.85. The SMILES string of the molecule is CCCn1ncc(N=Nc2ncc[nH]2)c1N.CCCn1nccc1N.Nc1ncc[nH]1. The highest BCUT2D eigenvalue weighted by Gasteiger charge is 2.05. The Hall–Kier alpha value is -4.16. The van der Waals surface area contributed by atoms with E-state index >= 15 is 0 Å². The van der Waals surface area contributed by atoms with Crippen molar-refractivity contribution in [1.82, 2.24) is 39.5 Å². The Balaban J connectivity index is 0.000000190. The number of azo groups is 1. The van der Waals surface area contributed by atoms with E-state index in [9.17, 15) is 0 Å². The molecule has 0 aromatic carbocycles. The highest BCUT2D eigenvalue weighted by molar-refractivity contribution is 5.56. The number of nitrogens with two attached hydrogens (primary N) is 3. The molecular weight excluding hydrogens is 398 g/mol. The van der Waals surface area contributed by atoms with E-state index in [2.05, 4.69) is 54.2 Å². The first-order valence-corrected chi connectivity index (χ1v) is 9.79. The highest BCUT2D eigenvalue weighted by atomic mass is 15.3. The van der Waals surface area contributed by atoms with E-state index in [1.165, 1.54) is 0 Å². The maximum absolute atomic E-state index is 5.84. The van der Waals surface area contributed by atoms with Crippen LogP contribution in [0.3, 0.4) is 0 Å². The lowest BCUT2D eigenvalue weighted by atomic mass is 10.5. The summed E-state index contributed by atoms with van der Waals surface area (Å²) in [5, 5.41) is 16.0. The normalized spacial score (nSPS) is 10.4. The standard InChI is InChI=1S/C9H13N7.C6H11N3.C3H5N3/c1-2-5-16-8(10)7(6-13-16)14-15-9-11-3-4-12-9;1-2-5-9-6(7)3-4-8-9;4-3-5-1-2-6-3/h3-4,6H,2,5,10H2,1H3,(H,11,12);3-4H,2,5,7H2,1H3;1-2H,(H3,4,5,6). The van der Waals surface area contributed by atoms with Crippen LogP contribution in [0.15, 0.2) is 53.5 Å². The minimum absolute atomic E-state index is 0.447. The number of nitrogen functional groups attached to an aromatic ring is 3. The van der Waals surface area contributed by atoms with Crippen LogP contribution in [0, 0.1) is 0 Å². The van der Waals surface area contributed by atoms with Crippen LogP contribution in [0.4, 0.5) is 29.2 Å². The Morgan fingerprint density at radius 1 is 0.871 bits per heavy atom. The van der Waals surface area contributed by atoms with Crippen LogP contribution in [0.5, 0.6) is 0 Å². The van der Waals surface area contributed by atoms with E-state index in [4.69, 9.17) is 17.2 Å². The summed E-state index contributed by atoms with van der Waals surface area (Å²) < 4.78 is 3.50. The Morgan fingerprint density at radius 3 is 2.10 bits per heavy atom. The van der Waals surface area contributed by atoms with Crippen LogP contribution in [0.25, 0.3) is 0 Å². The minimum atomic E-state index is 0.447. The van der Waals surface area contributed by atoms with Gasteiger partial charge in [0.1, 0.15) is 17.3 Å². The first-order valence-electron chi connectivity index (χ1n) is 9.79. The number of hydrogen-bond donors (Lipinski definition) is 5. The van der Waals surface area contributed by atoms with Gasteiger partial charge in [-0.25, -0.2) is 14.6 Å². The molecule has 13 heteroatoms. The predicted molar refractivity (Wildman–Crippen MR) is 120 cm³/mol. The lowest BCUT2D eigenvalue weighted by Crippen LogP contribution is -2.03. The van der Waals surface area contributed by atoms with Gasteiger partial charge in [-0.15, -0.1) is 10.2 Å². The van der Waals surface area contributed by atoms with Crippen molar-refractivity contribution in [2.24, 2.45) is 10.2 Å². The van der Waals surface area contributed by atoms with Crippen molar-refractivity contribution in [3.63, 3.8) is 0 Å². The summed E-state index contributed by atoms with van der Waals surface area (Å²) in [5.74, 6) is 2.19. The van der Waals surface area contributed by atoms with Crippen LogP contribution < -0.4 is 17.2 Å². The third-order valence-electron chi connectivity index (χ3n) is 3.74. The van der Waals surface area contributed by atoms with Gasteiger partial charge < -0.3 is 27.2 Å². The van der Waals surface area contributed by atoms with Gasteiger partial charge >= 0.3 is 0 Å². The molecule has 166 valence electrons. The molecule has 0 spiro atoms. The number of rotatable bonds is 6. The molecule has 0 amide bonds. The zero-order valence-electron chi connectivity index (χ0n) is 17.7. The Morgan fingerprint density at radius 2 is 1.58 bits per heavy atom.